The van der Waals surface area contributed by atoms with Crippen LogP contribution in [0.2, 0.25) is 5.02 Å². The zero-order chi connectivity index (χ0) is 17.5. The third-order valence-corrected chi connectivity index (χ3v) is 4.90. The van der Waals surface area contributed by atoms with Gasteiger partial charge >= 0.3 is 5.97 Å². The van der Waals surface area contributed by atoms with Crippen molar-refractivity contribution in [1.82, 2.24) is 10.3 Å². The van der Waals surface area contributed by atoms with Gasteiger partial charge in [0.2, 0.25) is 0 Å². The van der Waals surface area contributed by atoms with Gasteiger partial charge in [0.25, 0.3) is 5.91 Å². The Labute approximate surface area is 149 Å². The van der Waals surface area contributed by atoms with Crippen LogP contribution in [-0.4, -0.2) is 28.5 Å². The Kier molecular flexibility index (Phi) is 6.75. The molecule has 0 atom stereocenters. The second-order valence-electron chi connectivity index (χ2n) is 5.40. The molecule has 0 aliphatic rings. The number of aliphatic carboxylic acids is 1. The van der Waals surface area contributed by atoms with Crippen LogP contribution in [0, 0.1) is 6.92 Å². The Morgan fingerprint density at radius 3 is 2.58 bits per heavy atom. The quantitative estimate of drug-likeness (QED) is 0.688. The lowest BCUT2D eigenvalue weighted by atomic mass is 10.2. The number of carbonyl (C=O) groups excluding carboxylic acids is 1. The van der Waals surface area contributed by atoms with Gasteiger partial charge < -0.3 is 10.4 Å². The first-order valence-corrected chi connectivity index (χ1v) is 8.90. The summed E-state index contributed by atoms with van der Waals surface area (Å²) in [5.74, 6) is -0.919. The highest BCUT2D eigenvalue weighted by molar-refractivity contribution is 7.17. The van der Waals surface area contributed by atoms with Gasteiger partial charge in [-0.15, -0.1) is 11.3 Å². The van der Waals surface area contributed by atoms with E-state index in [2.05, 4.69) is 10.3 Å². The highest BCUT2D eigenvalue weighted by atomic mass is 35.5. The lowest BCUT2D eigenvalue weighted by Crippen LogP contribution is -2.24. The summed E-state index contributed by atoms with van der Waals surface area (Å²) in [7, 11) is 0. The third kappa shape index (κ3) is 5.32. The Hall–Kier alpha value is -1.92. The maximum Gasteiger partial charge on any atom is 0.303 e. The van der Waals surface area contributed by atoms with Crippen molar-refractivity contribution >= 4 is 34.8 Å². The largest absolute Gasteiger partial charge is 0.481 e. The Balaban J connectivity index is 1.88. The fourth-order valence-electron chi connectivity index (χ4n) is 2.18. The first-order valence-electron chi connectivity index (χ1n) is 7.70. The standard InChI is InChI=1S/C17H19ClN2O3S/c1-11-15(16(23)19-10-4-2-3-5-14(21)22)24-17(20-11)12-6-8-13(18)9-7-12/h6-9H,2-5,10H2,1H3,(H,19,23)(H,21,22). The van der Waals surface area contributed by atoms with E-state index in [0.29, 0.717) is 28.6 Å². The number of nitrogens with one attached hydrogen (secondary N) is 1. The van der Waals surface area contributed by atoms with E-state index in [1.54, 1.807) is 12.1 Å². The number of rotatable bonds is 8. The lowest BCUT2D eigenvalue weighted by molar-refractivity contribution is -0.137. The highest BCUT2D eigenvalue weighted by Crippen LogP contribution is 2.28. The number of carboxylic acids is 1. The van der Waals surface area contributed by atoms with Gasteiger partial charge in [0, 0.05) is 23.6 Å². The minimum Gasteiger partial charge on any atom is -0.481 e. The molecule has 0 spiro atoms. The Morgan fingerprint density at radius 1 is 1.21 bits per heavy atom. The number of aryl methyl sites for hydroxylation is 1. The first-order chi connectivity index (χ1) is 11.5. The first kappa shape index (κ1) is 18.4. The number of nitrogens with zero attached hydrogens (tertiary/aromatic N) is 1. The molecule has 7 heteroatoms. The van der Waals surface area contributed by atoms with Crippen molar-refractivity contribution < 1.29 is 14.7 Å². The number of carboxylic acid groups (broad SMARTS) is 1. The number of amides is 1. The predicted molar refractivity (Wildman–Crippen MR) is 95.7 cm³/mol. The van der Waals surface area contributed by atoms with E-state index >= 15 is 0 Å². The summed E-state index contributed by atoms with van der Waals surface area (Å²) in [5.41, 5.74) is 1.63. The van der Waals surface area contributed by atoms with Crippen LogP contribution in [-0.2, 0) is 4.79 Å². The van der Waals surface area contributed by atoms with Crippen molar-refractivity contribution in [1.29, 1.82) is 0 Å². The maximum absolute atomic E-state index is 12.2. The summed E-state index contributed by atoms with van der Waals surface area (Å²) >= 11 is 7.24. The number of aromatic nitrogens is 1. The topological polar surface area (TPSA) is 79.3 Å². The zero-order valence-corrected chi connectivity index (χ0v) is 14.9. The van der Waals surface area contributed by atoms with Crippen molar-refractivity contribution in [3.05, 3.63) is 39.9 Å². The molecule has 0 fully saturated rings. The van der Waals surface area contributed by atoms with E-state index in [0.717, 1.165) is 23.4 Å². The molecule has 0 radical (unpaired) electrons. The number of halogens is 1. The number of thiazole rings is 1. The van der Waals surface area contributed by atoms with Gasteiger partial charge in [-0.25, -0.2) is 4.98 Å². The second kappa shape index (κ2) is 8.80. The molecule has 0 saturated carbocycles. The molecular formula is C17H19ClN2O3S. The van der Waals surface area contributed by atoms with Crippen molar-refractivity contribution in [2.45, 2.75) is 32.6 Å². The lowest BCUT2D eigenvalue weighted by Gasteiger charge is -2.03. The summed E-state index contributed by atoms with van der Waals surface area (Å²) < 4.78 is 0. The molecule has 2 aromatic rings. The van der Waals surface area contributed by atoms with E-state index in [4.69, 9.17) is 16.7 Å². The van der Waals surface area contributed by atoms with Gasteiger partial charge in [0.05, 0.1) is 5.69 Å². The molecule has 1 aromatic heterocycles. The van der Waals surface area contributed by atoms with Crippen LogP contribution in [0.5, 0.6) is 0 Å². The van der Waals surface area contributed by atoms with E-state index in [9.17, 15) is 9.59 Å². The summed E-state index contributed by atoms with van der Waals surface area (Å²) in [4.78, 5) is 27.7. The van der Waals surface area contributed by atoms with Gasteiger partial charge in [-0.1, -0.05) is 30.2 Å². The van der Waals surface area contributed by atoms with Gasteiger partial charge in [0.1, 0.15) is 9.88 Å². The summed E-state index contributed by atoms with van der Waals surface area (Å²) in [6.07, 6.45) is 2.35. The molecule has 5 nitrogen and oxygen atoms in total. The molecule has 0 bridgehead atoms. The highest BCUT2D eigenvalue weighted by Gasteiger charge is 2.15. The zero-order valence-electron chi connectivity index (χ0n) is 13.3. The SMILES string of the molecule is Cc1nc(-c2ccc(Cl)cc2)sc1C(=O)NCCCCCC(=O)O. The molecule has 1 aromatic carbocycles. The van der Waals surface area contributed by atoms with E-state index in [1.807, 2.05) is 19.1 Å². The minimum absolute atomic E-state index is 0.136. The van der Waals surface area contributed by atoms with Gasteiger partial charge in [0.15, 0.2) is 0 Å². The van der Waals surface area contributed by atoms with Crippen molar-refractivity contribution in [3.63, 3.8) is 0 Å². The van der Waals surface area contributed by atoms with Crippen LogP contribution in [0.3, 0.4) is 0 Å². The van der Waals surface area contributed by atoms with Gasteiger partial charge in [-0.05, 0) is 31.9 Å². The summed E-state index contributed by atoms with van der Waals surface area (Å²) in [5, 5.41) is 12.9. The van der Waals surface area contributed by atoms with Crippen LogP contribution >= 0.6 is 22.9 Å². The second-order valence-corrected chi connectivity index (χ2v) is 6.84. The van der Waals surface area contributed by atoms with Crippen molar-refractivity contribution in [3.8, 4) is 10.6 Å². The van der Waals surface area contributed by atoms with Crippen molar-refractivity contribution in [2.75, 3.05) is 6.54 Å². The Bertz CT molecular complexity index is 713. The molecule has 2 rings (SSSR count). The number of carbonyl (C=O) groups is 2. The summed E-state index contributed by atoms with van der Waals surface area (Å²) in [6.45, 7) is 2.35. The molecule has 24 heavy (non-hydrogen) atoms. The van der Waals surface area contributed by atoms with Crippen molar-refractivity contribution in [2.24, 2.45) is 0 Å². The molecule has 0 aliphatic carbocycles. The predicted octanol–water partition coefficient (Wildman–Crippen LogP) is 4.15. The average Bonchev–Trinajstić information content (AvgIpc) is 2.93. The third-order valence-electron chi connectivity index (χ3n) is 3.45. The van der Waals surface area contributed by atoms with E-state index in [1.165, 1.54) is 11.3 Å². The normalized spacial score (nSPS) is 10.6. The number of hydrogen-bond donors (Lipinski definition) is 2. The van der Waals surface area contributed by atoms with E-state index < -0.39 is 5.97 Å². The van der Waals surface area contributed by atoms with Crippen LogP contribution in [0.15, 0.2) is 24.3 Å². The molecule has 1 amide bonds. The van der Waals surface area contributed by atoms with Crippen LogP contribution in [0.4, 0.5) is 0 Å². The fraction of sp³-hybridized carbons (Fsp3) is 0.353. The smallest absolute Gasteiger partial charge is 0.303 e. The Morgan fingerprint density at radius 2 is 1.92 bits per heavy atom. The number of hydrogen-bond acceptors (Lipinski definition) is 4. The minimum atomic E-state index is -0.783. The summed E-state index contributed by atoms with van der Waals surface area (Å²) in [6, 6.07) is 7.35. The fourth-order valence-corrected chi connectivity index (χ4v) is 3.30. The average molecular weight is 367 g/mol. The molecule has 2 N–H and O–H groups in total. The number of unbranched alkanes of at least 4 members (excludes halogenated alkanes) is 2. The molecule has 1 heterocycles. The monoisotopic (exact) mass is 366 g/mol. The van der Waals surface area contributed by atoms with Crippen LogP contribution in [0.25, 0.3) is 10.6 Å². The van der Waals surface area contributed by atoms with Crippen LogP contribution in [0.1, 0.15) is 41.0 Å². The maximum atomic E-state index is 12.2. The van der Waals surface area contributed by atoms with Gasteiger partial charge in [-0.2, -0.15) is 0 Å². The molecular weight excluding hydrogens is 348 g/mol. The molecule has 0 saturated heterocycles. The molecule has 0 aliphatic heterocycles. The number of benzene rings is 1. The molecule has 128 valence electrons. The van der Waals surface area contributed by atoms with Gasteiger partial charge in [-0.3, -0.25) is 9.59 Å². The van der Waals surface area contributed by atoms with E-state index in [-0.39, 0.29) is 12.3 Å². The molecule has 0 unspecified atom stereocenters. The van der Waals surface area contributed by atoms with Crippen LogP contribution < -0.4 is 5.32 Å².